The van der Waals surface area contributed by atoms with Crippen LogP contribution in [-0.2, 0) is 16.0 Å². The Morgan fingerprint density at radius 3 is 2.35 bits per heavy atom. The Kier molecular flexibility index (Phi) is 7.36. The van der Waals surface area contributed by atoms with Crippen LogP contribution >= 0.6 is 11.3 Å². The fourth-order valence-electron chi connectivity index (χ4n) is 2.70. The van der Waals surface area contributed by atoms with Gasteiger partial charge < -0.3 is 4.74 Å². The van der Waals surface area contributed by atoms with E-state index < -0.39 is 18.0 Å². The molecule has 0 saturated heterocycles. The first-order valence-corrected chi connectivity index (χ1v) is 9.55. The van der Waals surface area contributed by atoms with Gasteiger partial charge >= 0.3 is 6.09 Å². The summed E-state index contributed by atoms with van der Waals surface area (Å²) in [6.45, 7) is 6.13. The Morgan fingerprint density at radius 2 is 1.81 bits per heavy atom. The number of carbonyl (C=O) groups excluding carboxylic acids is 2. The smallest absolute Gasteiger partial charge is 0.413 e. The van der Waals surface area contributed by atoms with Gasteiger partial charge in [0.05, 0.1) is 19.2 Å². The summed E-state index contributed by atoms with van der Waals surface area (Å²) in [6.07, 6.45) is 0.282. The maximum Gasteiger partial charge on any atom is 0.413 e. The first-order valence-electron chi connectivity index (χ1n) is 8.67. The first kappa shape index (κ1) is 20.1. The fraction of sp³-hybridized carbons (Fsp3) is 0.400. The lowest BCUT2D eigenvalue weighted by molar-refractivity contribution is -0.122. The molecule has 6 heteroatoms. The number of hydrogen-bond donors (Lipinski definition) is 2. The highest BCUT2D eigenvalue weighted by Gasteiger charge is 2.22. The second-order valence-electron chi connectivity index (χ2n) is 6.66. The van der Waals surface area contributed by atoms with Crippen LogP contribution in [0.3, 0.4) is 0 Å². The maximum atomic E-state index is 12.2. The van der Waals surface area contributed by atoms with E-state index in [1.54, 1.807) is 18.3 Å². The van der Waals surface area contributed by atoms with E-state index in [9.17, 15) is 9.59 Å². The van der Waals surface area contributed by atoms with Crippen molar-refractivity contribution in [1.82, 2.24) is 10.6 Å². The molecule has 26 heavy (non-hydrogen) atoms. The van der Waals surface area contributed by atoms with Crippen molar-refractivity contribution >= 4 is 23.3 Å². The molecular weight excluding hydrogens is 348 g/mol. The molecule has 2 atom stereocenters. The van der Waals surface area contributed by atoms with Crippen molar-refractivity contribution in [2.45, 2.75) is 39.3 Å². The number of thiophene rings is 1. The van der Waals surface area contributed by atoms with E-state index in [1.807, 2.05) is 17.5 Å². The summed E-state index contributed by atoms with van der Waals surface area (Å²) in [7, 11) is 1.23. The van der Waals surface area contributed by atoms with E-state index in [2.05, 4.69) is 53.5 Å². The van der Waals surface area contributed by atoms with Crippen LogP contribution in [0.25, 0.3) is 0 Å². The van der Waals surface area contributed by atoms with Gasteiger partial charge in [0.25, 0.3) is 0 Å². The number of methoxy groups -OCH3 is 1. The number of carbonyl (C=O) groups is 2. The zero-order chi connectivity index (χ0) is 19.1. The number of rotatable bonds is 7. The molecule has 0 saturated carbocycles. The number of benzene rings is 1. The molecule has 2 amide bonds. The van der Waals surface area contributed by atoms with Gasteiger partial charge in [0.1, 0.15) is 0 Å². The van der Waals surface area contributed by atoms with Gasteiger partial charge in [-0.1, -0.05) is 44.2 Å². The van der Waals surface area contributed by atoms with Crippen molar-refractivity contribution in [3.05, 3.63) is 57.8 Å². The topological polar surface area (TPSA) is 67.4 Å². The molecule has 1 aromatic carbocycles. The van der Waals surface area contributed by atoms with E-state index in [1.165, 1.54) is 12.7 Å². The third-order valence-corrected chi connectivity index (χ3v) is 4.94. The zero-order valence-electron chi connectivity index (χ0n) is 15.6. The number of amides is 2. The normalized spacial score (nSPS) is 13.3. The average molecular weight is 375 g/mol. The molecular formula is C20H26N2O3S. The van der Waals surface area contributed by atoms with Crippen molar-refractivity contribution in [2.24, 2.45) is 5.92 Å². The van der Waals surface area contributed by atoms with Crippen LogP contribution in [0.15, 0.2) is 41.8 Å². The number of imide groups is 1. The monoisotopic (exact) mass is 374 g/mol. The minimum absolute atomic E-state index is 0.124. The quantitative estimate of drug-likeness (QED) is 0.771. The largest absolute Gasteiger partial charge is 0.453 e. The molecule has 1 heterocycles. The standard InChI is InChI=1S/C20H26N2O3S/c1-13(2)12-15-7-9-16(10-8-15)18(17-6-5-11-26-17)21-14(3)19(23)22-20(24)25-4/h5-11,13-14,18,21H,12H2,1-4H3,(H,22,23,24)/t14-,18-/m1/s1. The lowest BCUT2D eigenvalue weighted by atomic mass is 9.98. The summed E-state index contributed by atoms with van der Waals surface area (Å²) in [6, 6.07) is 11.8. The molecule has 2 aromatic rings. The van der Waals surface area contributed by atoms with Gasteiger partial charge in [0, 0.05) is 4.88 Å². The molecule has 0 fully saturated rings. The van der Waals surface area contributed by atoms with Crippen LogP contribution in [0.5, 0.6) is 0 Å². The number of nitrogens with one attached hydrogen (secondary N) is 2. The summed E-state index contributed by atoms with van der Waals surface area (Å²) in [5.74, 6) is 0.184. The minimum Gasteiger partial charge on any atom is -0.453 e. The van der Waals surface area contributed by atoms with Gasteiger partial charge in [-0.3, -0.25) is 15.4 Å². The van der Waals surface area contributed by atoms with Crippen LogP contribution in [0.1, 0.15) is 42.8 Å². The summed E-state index contributed by atoms with van der Waals surface area (Å²) in [4.78, 5) is 24.5. The van der Waals surface area contributed by atoms with Crippen LogP contribution in [0.4, 0.5) is 4.79 Å². The van der Waals surface area contributed by atoms with Gasteiger partial charge in [-0.25, -0.2) is 4.79 Å². The Morgan fingerprint density at radius 1 is 1.12 bits per heavy atom. The van der Waals surface area contributed by atoms with E-state index >= 15 is 0 Å². The summed E-state index contributed by atoms with van der Waals surface area (Å²) >= 11 is 1.63. The van der Waals surface area contributed by atoms with Crippen LogP contribution < -0.4 is 10.6 Å². The third-order valence-electron chi connectivity index (χ3n) is 4.01. The van der Waals surface area contributed by atoms with Gasteiger partial charge in [0.2, 0.25) is 5.91 Å². The molecule has 5 nitrogen and oxygen atoms in total. The lowest BCUT2D eigenvalue weighted by Crippen LogP contribution is -2.45. The first-order chi connectivity index (χ1) is 12.4. The second kappa shape index (κ2) is 9.50. The number of ether oxygens (including phenoxy) is 1. The van der Waals surface area contributed by atoms with Gasteiger partial charge in [-0.15, -0.1) is 11.3 Å². The maximum absolute atomic E-state index is 12.2. The Balaban J connectivity index is 2.17. The SMILES string of the molecule is COC(=O)NC(=O)[C@@H](C)N[C@H](c1ccc(CC(C)C)cc1)c1cccs1. The fourth-order valence-corrected chi connectivity index (χ4v) is 3.51. The highest BCUT2D eigenvalue weighted by atomic mass is 32.1. The van der Waals surface area contributed by atoms with E-state index in [4.69, 9.17) is 0 Å². The lowest BCUT2D eigenvalue weighted by Gasteiger charge is -2.22. The van der Waals surface area contributed by atoms with Gasteiger partial charge in [-0.2, -0.15) is 0 Å². The molecule has 0 aliphatic rings. The molecule has 0 aliphatic heterocycles. The van der Waals surface area contributed by atoms with Gasteiger partial charge in [0.15, 0.2) is 0 Å². The third kappa shape index (κ3) is 5.68. The molecule has 2 N–H and O–H groups in total. The van der Waals surface area contributed by atoms with Crippen molar-refractivity contribution in [2.75, 3.05) is 7.11 Å². The molecule has 1 aromatic heterocycles. The molecule has 0 aliphatic carbocycles. The van der Waals surface area contributed by atoms with Crippen LogP contribution in [0, 0.1) is 5.92 Å². The molecule has 0 spiro atoms. The van der Waals surface area contributed by atoms with E-state index in [-0.39, 0.29) is 6.04 Å². The summed E-state index contributed by atoms with van der Waals surface area (Å²) < 4.78 is 4.48. The number of alkyl carbamates (subject to hydrolysis) is 1. The van der Waals surface area contributed by atoms with Crippen LogP contribution in [-0.4, -0.2) is 25.2 Å². The second-order valence-corrected chi connectivity index (χ2v) is 7.64. The Bertz CT molecular complexity index is 711. The molecule has 0 unspecified atom stereocenters. The molecule has 140 valence electrons. The van der Waals surface area contributed by atoms with Crippen molar-refractivity contribution in [3.63, 3.8) is 0 Å². The highest BCUT2D eigenvalue weighted by molar-refractivity contribution is 7.10. The zero-order valence-corrected chi connectivity index (χ0v) is 16.4. The Hall–Kier alpha value is -2.18. The highest BCUT2D eigenvalue weighted by Crippen LogP contribution is 2.27. The predicted octanol–water partition coefficient (Wildman–Crippen LogP) is 3.90. The Labute approximate surface area is 158 Å². The molecule has 0 radical (unpaired) electrons. The predicted molar refractivity (Wildman–Crippen MR) is 104 cm³/mol. The summed E-state index contributed by atoms with van der Waals surface area (Å²) in [5.41, 5.74) is 2.38. The summed E-state index contributed by atoms with van der Waals surface area (Å²) in [5, 5.41) is 7.53. The van der Waals surface area contributed by atoms with Gasteiger partial charge in [-0.05, 0) is 41.8 Å². The molecule has 2 rings (SSSR count). The van der Waals surface area contributed by atoms with E-state index in [0.29, 0.717) is 5.92 Å². The van der Waals surface area contributed by atoms with Crippen LogP contribution in [0.2, 0.25) is 0 Å². The van der Waals surface area contributed by atoms with Crippen molar-refractivity contribution in [3.8, 4) is 0 Å². The van der Waals surface area contributed by atoms with E-state index in [0.717, 1.165) is 16.9 Å². The average Bonchev–Trinajstić information content (AvgIpc) is 3.14. The molecule has 0 bridgehead atoms. The number of hydrogen-bond acceptors (Lipinski definition) is 5. The van der Waals surface area contributed by atoms with Crippen molar-refractivity contribution < 1.29 is 14.3 Å². The van der Waals surface area contributed by atoms with Crippen molar-refractivity contribution in [1.29, 1.82) is 0 Å². The minimum atomic E-state index is -0.755.